The molecule has 2 aromatic rings. The van der Waals surface area contributed by atoms with Gasteiger partial charge >= 0.3 is 5.97 Å². The molecular weight excluding hydrogens is 242 g/mol. The van der Waals surface area contributed by atoms with Crippen LogP contribution in [0, 0.1) is 0 Å². The maximum Gasteiger partial charge on any atom is 0.317 e. The molecule has 0 unspecified atom stereocenters. The lowest BCUT2D eigenvalue weighted by Crippen LogP contribution is -2.31. The maximum atomic E-state index is 10.9. The molecule has 1 fully saturated rings. The van der Waals surface area contributed by atoms with Crippen molar-refractivity contribution in [3.63, 3.8) is 0 Å². The fraction of sp³-hybridized carbons (Fsp3) is 0.429. The van der Waals surface area contributed by atoms with Gasteiger partial charge in [-0.25, -0.2) is 0 Å². The number of hydrogen-bond donors (Lipinski definition) is 1. The van der Waals surface area contributed by atoms with Gasteiger partial charge in [0.1, 0.15) is 0 Å². The number of hydrogen-bond acceptors (Lipinski definition) is 3. The van der Waals surface area contributed by atoms with Crippen molar-refractivity contribution in [3.05, 3.63) is 30.0 Å². The van der Waals surface area contributed by atoms with Gasteiger partial charge in [0.25, 0.3) is 0 Å². The number of aromatic nitrogens is 2. The third-order valence-electron chi connectivity index (χ3n) is 3.59. The van der Waals surface area contributed by atoms with Crippen LogP contribution in [0.1, 0.15) is 18.5 Å². The average Bonchev–Trinajstić information content (AvgIpc) is 3.16. The van der Waals surface area contributed by atoms with E-state index < -0.39 is 5.97 Å². The van der Waals surface area contributed by atoms with Crippen LogP contribution < -0.4 is 0 Å². The highest BCUT2D eigenvalue weighted by molar-refractivity contribution is 5.81. The van der Waals surface area contributed by atoms with Gasteiger partial charge in [0.2, 0.25) is 0 Å². The van der Waals surface area contributed by atoms with E-state index in [9.17, 15) is 4.79 Å². The van der Waals surface area contributed by atoms with Crippen molar-refractivity contribution in [2.45, 2.75) is 25.4 Å². The number of fused-ring (bicyclic) bond motifs is 1. The zero-order valence-electron chi connectivity index (χ0n) is 10.9. The summed E-state index contributed by atoms with van der Waals surface area (Å²) in [6.45, 7) is 0.702. The largest absolute Gasteiger partial charge is 0.480 e. The minimum atomic E-state index is -0.771. The van der Waals surface area contributed by atoms with Gasteiger partial charge in [0, 0.05) is 25.0 Å². The Labute approximate surface area is 111 Å². The number of para-hydroxylation sites is 1. The SMILES string of the molecule is Cn1nc(CN(CC(=O)O)C2CC2)c2ccccc21. The summed E-state index contributed by atoms with van der Waals surface area (Å²) in [5.41, 5.74) is 2.05. The van der Waals surface area contributed by atoms with Gasteiger partial charge < -0.3 is 5.11 Å². The second-order valence-corrected chi connectivity index (χ2v) is 5.12. The Balaban J connectivity index is 1.89. The van der Waals surface area contributed by atoms with Gasteiger partial charge in [-0.1, -0.05) is 18.2 Å². The Kier molecular flexibility index (Phi) is 2.98. The summed E-state index contributed by atoms with van der Waals surface area (Å²) in [5.74, 6) is -0.771. The first-order valence-electron chi connectivity index (χ1n) is 6.51. The van der Waals surface area contributed by atoms with Crippen LogP contribution in [-0.4, -0.2) is 38.3 Å². The van der Waals surface area contributed by atoms with Crippen LogP contribution in [0.4, 0.5) is 0 Å². The third-order valence-corrected chi connectivity index (χ3v) is 3.59. The van der Waals surface area contributed by atoms with E-state index in [0.717, 1.165) is 29.4 Å². The highest BCUT2D eigenvalue weighted by Crippen LogP contribution is 2.29. The van der Waals surface area contributed by atoms with Crippen molar-refractivity contribution in [2.24, 2.45) is 7.05 Å². The predicted molar refractivity (Wildman–Crippen MR) is 71.8 cm³/mol. The first-order chi connectivity index (χ1) is 9.15. The molecule has 0 radical (unpaired) electrons. The van der Waals surface area contributed by atoms with E-state index in [1.807, 2.05) is 40.9 Å². The number of benzene rings is 1. The molecule has 0 bridgehead atoms. The van der Waals surface area contributed by atoms with Crippen LogP contribution in [0.2, 0.25) is 0 Å². The molecule has 5 heteroatoms. The smallest absolute Gasteiger partial charge is 0.317 e. The van der Waals surface area contributed by atoms with Crippen LogP contribution in [0.5, 0.6) is 0 Å². The average molecular weight is 259 g/mol. The number of carboxylic acid groups (broad SMARTS) is 1. The van der Waals surface area contributed by atoms with Gasteiger partial charge in [0.15, 0.2) is 0 Å². The number of rotatable bonds is 5. The molecule has 1 aromatic heterocycles. The highest BCUT2D eigenvalue weighted by Gasteiger charge is 2.31. The number of carboxylic acids is 1. The predicted octanol–water partition coefficient (Wildman–Crippen LogP) is 1.62. The number of aliphatic carboxylic acids is 1. The Bertz CT molecular complexity index is 616. The molecule has 1 aliphatic rings. The summed E-state index contributed by atoms with van der Waals surface area (Å²) in [5, 5.41) is 14.6. The summed E-state index contributed by atoms with van der Waals surface area (Å²) >= 11 is 0. The summed E-state index contributed by atoms with van der Waals surface area (Å²) in [7, 11) is 1.92. The molecule has 0 amide bonds. The third kappa shape index (κ3) is 2.46. The first kappa shape index (κ1) is 12.2. The number of aryl methyl sites for hydroxylation is 1. The molecule has 0 atom stereocenters. The number of nitrogens with zero attached hydrogens (tertiary/aromatic N) is 3. The zero-order valence-corrected chi connectivity index (χ0v) is 10.9. The maximum absolute atomic E-state index is 10.9. The molecule has 5 nitrogen and oxygen atoms in total. The Morgan fingerprint density at radius 2 is 2.21 bits per heavy atom. The van der Waals surface area contributed by atoms with Gasteiger partial charge in [-0.15, -0.1) is 0 Å². The van der Waals surface area contributed by atoms with Crippen molar-refractivity contribution < 1.29 is 9.90 Å². The van der Waals surface area contributed by atoms with E-state index in [2.05, 4.69) is 5.10 Å². The van der Waals surface area contributed by atoms with E-state index in [-0.39, 0.29) is 6.54 Å². The highest BCUT2D eigenvalue weighted by atomic mass is 16.4. The molecule has 0 aliphatic heterocycles. The van der Waals surface area contributed by atoms with Gasteiger partial charge in [-0.2, -0.15) is 5.10 Å². The molecule has 1 aliphatic carbocycles. The van der Waals surface area contributed by atoms with Crippen molar-refractivity contribution in [2.75, 3.05) is 6.54 Å². The number of carbonyl (C=O) groups is 1. The molecule has 1 saturated carbocycles. The van der Waals surface area contributed by atoms with Crippen LogP contribution in [0.25, 0.3) is 10.9 Å². The summed E-state index contributed by atoms with van der Waals surface area (Å²) in [6, 6.07) is 8.47. The molecular formula is C14H17N3O2. The Morgan fingerprint density at radius 3 is 2.89 bits per heavy atom. The fourth-order valence-electron chi connectivity index (χ4n) is 2.53. The summed E-state index contributed by atoms with van der Waals surface area (Å²) in [6.07, 6.45) is 2.19. The lowest BCUT2D eigenvalue weighted by atomic mass is 10.2. The first-order valence-corrected chi connectivity index (χ1v) is 6.51. The van der Waals surface area contributed by atoms with Crippen LogP contribution in [-0.2, 0) is 18.4 Å². The molecule has 3 rings (SSSR count). The molecule has 0 spiro atoms. The minimum Gasteiger partial charge on any atom is -0.480 e. The summed E-state index contributed by atoms with van der Waals surface area (Å²) in [4.78, 5) is 12.9. The van der Waals surface area contributed by atoms with E-state index in [0.29, 0.717) is 12.6 Å². The molecule has 19 heavy (non-hydrogen) atoms. The zero-order chi connectivity index (χ0) is 13.4. The normalized spacial score (nSPS) is 15.3. The Morgan fingerprint density at radius 1 is 1.47 bits per heavy atom. The molecule has 0 saturated heterocycles. The Hall–Kier alpha value is -1.88. The van der Waals surface area contributed by atoms with Crippen molar-refractivity contribution >= 4 is 16.9 Å². The standard InChI is InChI=1S/C14H17N3O2/c1-16-13-5-3-2-4-11(13)12(15-16)8-17(9-14(18)19)10-6-7-10/h2-5,10H,6-9H2,1H3,(H,18,19). The quantitative estimate of drug-likeness (QED) is 0.886. The molecule has 1 aromatic carbocycles. The van der Waals surface area contributed by atoms with E-state index >= 15 is 0 Å². The molecule has 1 N–H and O–H groups in total. The second-order valence-electron chi connectivity index (χ2n) is 5.12. The lowest BCUT2D eigenvalue weighted by molar-refractivity contribution is -0.138. The van der Waals surface area contributed by atoms with Gasteiger partial charge in [0.05, 0.1) is 17.8 Å². The van der Waals surface area contributed by atoms with Crippen LogP contribution in [0.3, 0.4) is 0 Å². The van der Waals surface area contributed by atoms with E-state index in [1.165, 1.54) is 0 Å². The van der Waals surface area contributed by atoms with Crippen LogP contribution in [0.15, 0.2) is 24.3 Å². The van der Waals surface area contributed by atoms with E-state index in [1.54, 1.807) is 0 Å². The van der Waals surface area contributed by atoms with Crippen molar-refractivity contribution in [1.29, 1.82) is 0 Å². The van der Waals surface area contributed by atoms with Gasteiger partial charge in [-0.05, 0) is 18.9 Å². The summed E-state index contributed by atoms with van der Waals surface area (Å²) < 4.78 is 1.86. The van der Waals surface area contributed by atoms with Crippen molar-refractivity contribution in [1.82, 2.24) is 14.7 Å². The molecule has 100 valence electrons. The lowest BCUT2D eigenvalue weighted by Gasteiger charge is -2.18. The van der Waals surface area contributed by atoms with Crippen molar-refractivity contribution in [3.8, 4) is 0 Å². The van der Waals surface area contributed by atoms with Crippen LogP contribution >= 0.6 is 0 Å². The fourth-order valence-corrected chi connectivity index (χ4v) is 2.53. The second kappa shape index (κ2) is 4.66. The monoisotopic (exact) mass is 259 g/mol. The van der Waals surface area contributed by atoms with Gasteiger partial charge in [-0.3, -0.25) is 14.4 Å². The molecule has 1 heterocycles. The van der Waals surface area contributed by atoms with E-state index in [4.69, 9.17) is 5.11 Å². The minimum absolute atomic E-state index is 0.0928. The topological polar surface area (TPSA) is 58.4 Å².